The van der Waals surface area contributed by atoms with Crippen LogP contribution in [0.1, 0.15) is 39.0 Å². The Kier molecular flexibility index (Phi) is 6.26. The van der Waals surface area contributed by atoms with Gasteiger partial charge in [0, 0.05) is 18.6 Å². The molecule has 116 valence electrons. The number of hydrogen-bond acceptors (Lipinski definition) is 4. The van der Waals surface area contributed by atoms with Crippen LogP contribution in [-0.4, -0.2) is 60.9 Å². The molecule has 0 bridgehead atoms. The van der Waals surface area contributed by atoms with E-state index in [0.29, 0.717) is 25.8 Å². The smallest absolute Gasteiger partial charge is 0.230 e. The van der Waals surface area contributed by atoms with Gasteiger partial charge in [-0.2, -0.15) is 0 Å². The summed E-state index contributed by atoms with van der Waals surface area (Å²) in [6.45, 7) is 4.52. The highest BCUT2D eigenvalue weighted by Crippen LogP contribution is 2.25. The summed E-state index contributed by atoms with van der Waals surface area (Å²) in [4.78, 5) is 14.7. The summed E-state index contributed by atoms with van der Waals surface area (Å²) < 4.78 is 5.49. The molecule has 0 aromatic heterocycles. The maximum absolute atomic E-state index is 12.8. The molecule has 0 spiro atoms. The molecule has 5 nitrogen and oxygen atoms in total. The van der Waals surface area contributed by atoms with Gasteiger partial charge in [0.1, 0.15) is 0 Å². The molecule has 0 aromatic carbocycles. The van der Waals surface area contributed by atoms with Crippen LogP contribution >= 0.6 is 0 Å². The lowest BCUT2D eigenvalue weighted by Crippen LogP contribution is -2.50. The van der Waals surface area contributed by atoms with Gasteiger partial charge in [-0.25, -0.2) is 0 Å². The Morgan fingerprint density at radius 3 is 2.70 bits per heavy atom. The van der Waals surface area contributed by atoms with Crippen LogP contribution < -0.4 is 5.32 Å². The van der Waals surface area contributed by atoms with Crippen LogP contribution in [0.4, 0.5) is 0 Å². The third-order valence-corrected chi connectivity index (χ3v) is 4.50. The molecule has 0 aromatic rings. The van der Waals surface area contributed by atoms with Crippen molar-refractivity contribution in [1.82, 2.24) is 10.2 Å². The zero-order chi connectivity index (χ0) is 14.4. The first-order valence-corrected chi connectivity index (χ1v) is 8.00. The van der Waals surface area contributed by atoms with Crippen molar-refractivity contribution >= 4 is 5.91 Å². The fourth-order valence-corrected chi connectivity index (χ4v) is 3.45. The number of carbonyl (C=O) groups excluding carboxylic acids is 1. The Morgan fingerprint density at radius 2 is 2.05 bits per heavy atom. The summed E-state index contributed by atoms with van der Waals surface area (Å²) in [5.41, 5.74) is 0. The fourth-order valence-electron chi connectivity index (χ4n) is 3.45. The number of amides is 1. The maximum Gasteiger partial charge on any atom is 0.230 e. The van der Waals surface area contributed by atoms with Crippen LogP contribution in [0.3, 0.4) is 0 Å². The van der Waals surface area contributed by atoms with Crippen molar-refractivity contribution in [2.24, 2.45) is 5.92 Å². The Bertz CT molecular complexity index is 305. The Hall–Kier alpha value is -0.650. The van der Waals surface area contributed by atoms with Gasteiger partial charge in [0.2, 0.25) is 5.91 Å². The van der Waals surface area contributed by atoms with E-state index in [0.717, 1.165) is 19.4 Å². The molecule has 2 rings (SSSR count). The van der Waals surface area contributed by atoms with Gasteiger partial charge >= 0.3 is 0 Å². The molecule has 2 aliphatic rings. The van der Waals surface area contributed by atoms with Crippen molar-refractivity contribution in [3.8, 4) is 0 Å². The summed E-state index contributed by atoms with van der Waals surface area (Å²) in [6.07, 6.45) is 5.80. The molecule has 1 aliphatic heterocycles. The molecule has 2 fully saturated rings. The molecule has 1 saturated carbocycles. The van der Waals surface area contributed by atoms with E-state index in [9.17, 15) is 9.90 Å². The molecule has 5 heteroatoms. The molecule has 1 amide bonds. The van der Waals surface area contributed by atoms with E-state index in [1.807, 2.05) is 11.8 Å². The highest BCUT2D eigenvalue weighted by molar-refractivity contribution is 5.80. The Morgan fingerprint density at radius 1 is 1.30 bits per heavy atom. The van der Waals surface area contributed by atoms with Crippen molar-refractivity contribution in [3.63, 3.8) is 0 Å². The number of likely N-dealkylation sites (N-methyl/N-ethyl adjacent to an activating group) is 1. The number of rotatable bonds is 6. The van der Waals surface area contributed by atoms with Crippen LogP contribution in [0.25, 0.3) is 0 Å². The van der Waals surface area contributed by atoms with Gasteiger partial charge in [0.05, 0.1) is 25.7 Å². The van der Waals surface area contributed by atoms with E-state index in [1.54, 1.807) is 0 Å². The number of aliphatic hydroxyl groups is 1. The highest BCUT2D eigenvalue weighted by atomic mass is 16.5. The van der Waals surface area contributed by atoms with Crippen LogP contribution in [0.15, 0.2) is 0 Å². The van der Waals surface area contributed by atoms with Crippen LogP contribution in [0.5, 0.6) is 0 Å². The largest absolute Gasteiger partial charge is 0.395 e. The summed E-state index contributed by atoms with van der Waals surface area (Å²) >= 11 is 0. The second kappa shape index (κ2) is 7.96. The monoisotopic (exact) mass is 284 g/mol. The first kappa shape index (κ1) is 15.7. The van der Waals surface area contributed by atoms with Crippen molar-refractivity contribution in [2.45, 2.75) is 51.1 Å². The van der Waals surface area contributed by atoms with Gasteiger partial charge in [-0.1, -0.05) is 26.2 Å². The molecular formula is C15H28N2O3. The standard InChI is InChI=1S/C15H28N2O3/c1-2-16-14-11-20-10-13(14)15(19)17(8-9-18)12-6-4-3-5-7-12/h12-14,16,18H,2-11H2,1H3. The SMILES string of the molecule is CCNC1COCC1C(=O)N(CCO)C1CCCCC1. The normalized spacial score (nSPS) is 27.7. The average Bonchev–Trinajstić information content (AvgIpc) is 2.94. The summed E-state index contributed by atoms with van der Waals surface area (Å²) in [5.74, 6) is 0.0674. The third-order valence-electron chi connectivity index (χ3n) is 4.50. The van der Waals surface area contributed by atoms with Crippen molar-refractivity contribution in [3.05, 3.63) is 0 Å². The topological polar surface area (TPSA) is 61.8 Å². The molecular weight excluding hydrogens is 256 g/mol. The zero-order valence-electron chi connectivity index (χ0n) is 12.5. The van der Waals surface area contributed by atoms with Crippen LogP contribution in [-0.2, 0) is 9.53 Å². The number of carbonyl (C=O) groups is 1. The van der Waals surface area contributed by atoms with E-state index in [-0.39, 0.29) is 24.5 Å². The first-order chi connectivity index (χ1) is 9.77. The van der Waals surface area contributed by atoms with Gasteiger partial charge in [-0.05, 0) is 19.4 Å². The number of nitrogens with one attached hydrogen (secondary N) is 1. The third kappa shape index (κ3) is 3.71. The van der Waals surface area contributed by atoms with Gasteiger partial charge in [-0.3, -0.25) is 4.79 Å². The van der Waals surface area contributed by atoms with E-state index in [1.165, 1.54) is 19.3 Å². The average molecular weight is 284 g/mol. The molecule has 2 unspecified atom stereocenters. The Labute approximate surface area is 121 Å². The van der Waals surface area contributed by atoms with Crippen molar-refractivity contribution in [2.75, 3.05) is 32.9 Å². The minimum absolute atomic E-state index is 0.0433. The lowest BCUT2D eigenvalue weighted by Gasteiger charge is -2.36. The predicted molar refractivity (Wildman–Crippen MR) is 77.4 cm³/mol. The van der Waals surface area contributed by atoms with Crippen LogP contribution in [0.2, 0.25) is 0 Å². The van der Waals surface area contributed by atoms with E-state index < -0.39 is 0 Å². The van der Waals surface area contributed by atoms with Gasteiger partial charge in [0.15, 0.2) is 0 Å². The van der Waals surface area contributed by atoms with E-state index >= 15 is 0 Å². The molecule has 1 aliphatic carbocycles. The predicted octanol–water partition coefficient (Wildman–Crippen LogP) is 0.764. The lowest BCUT2D eigenvalue weighted by atomic mass is 9.92. The van der Waals surface area contributed by atoms with Gasteiger partial charge < -0.3 is 20.1 Å². The van der Waals surface area contributed by atoms with E-state index in [2.05, 4.69) is 5.32 Å². The molecule has 1 saturated heterocycles. The minimum Gasteiger partial charge on any atom is -0.395 e. The first-order valence-electron chi connectivity index (χ1n) is 8.00. The van der Waals surface area contributed by atoms with Gasteiger partial charge in [0.25, 0.3) is 0 Å². The number of ether oxygens (including phenoxy) is 1. The second-order valence-corrected chi connectivity index (χ2v) is 5.86. The molecule has 1 heterocycles. The minimum atomic E-state index is -0.0940. The molecule has 2 N–H and O–H groups in total. The molecule has 20 heavy (non-hydrogen) atoms. The Balaban J connectivity index is 2.01. The number of hydrogen-bond donors (Lipinski definition) is 2. The van der Waals surface area contributed by atoms with Crippen molar-refractivity contribution < 1.29 is 14.6 Å². The number of aliphatic hydroxyl groups excluding tert-OH is 1. The zero-order valence-corrected chi connectivity index (χ0v) is 12.5. The summed E-state index contributed by atoms with van der Waals surface area (Å²) in [5, 5.41) is 12.6. The quantitative estimate of drug-likeness (QED) is 0.756. The highest BCUT2D eigenvalue weighted by Gasteiger charge is 2.38. The summed E-state index contributed by atoms with van der Waals surface area (Å²) in [6, 6.07) is 0.434. The fraction of sp³-hybridized carbons (Fsp3) is 0.933. The summed E-state index contributed by atoms with van der Waals surface area (Å²) in [7, 11) is 0. The second-order valence-electron chi connectivity index (χ2n) is 5.86. The maximum atomic E-state index is 12.8. The number of nitrogens with zero attached hydrogens (tertiary/aromatic N) is 1. The van der Waals surface area contributed by atoms with Gasteiger partial charge in [-0.15, -0.1) is 0 Å². The molecule has 0 radical (unpaired) electrons. The molecule has 2 atom stereocenters. The van der Waals surface area contributed by atoms with Crippen LogP contribution in [0, 0.1) is 5.92 Å². The van der Waals surface area contributed by atoms with E-state index in [4.69, 9.17) is 4.74 Å². The van der Waals surface area contributed by atoms with Crippen molar-refractivity contribution in [1.29, 1.82) is 0 Å². The lowest BCUT2D eigenvalue weighted by molar-refractivity contribution is -0.139.